The molecule has 0 radical (unpaired) electrons. The Morgan fingerprint density at radius 1 is 1.00 bits per heavy atom. The standard InChI is InChI=1S/C34H43NO13/c1-12(36)22-27(38)13(2)46-33(22)48-32-14(3)45-21(9-18(32)35)47-20-11-34(43,15(4)37)10-17-24(20)31(42)26-25(29(17)40)28(39)16-7-6-8-19(44-5)23(16)30(26)41/h6-8,12-14,18,20-22,27,32-33,36,38-43H,9-11,35H2,1-5H3/t12?,13?,14?,18?,20-,21?,22?,27?,32?,33?,34-/m0/s1. The second-order valence-electron chi connectivity index (χ2n) is 13.3. The summed E-state index contributed by atoms with van der Waals surface area (Å²) in [6.45, 7) is 6.11. The van der Waals surface area contributed by atoms with Crippen molar-refractivity contribution in [2.75, 3.05) is 7.11 Å². The van der Waals surface area contributed by atoms with E-state index in [4.69, 9.17) is 29.4 Å². The van der Waals surface area contributed by atoms with Crippen molar-refractivity contribution in [3.63, 3.8) is 0 Å². The zero-order valence-electron chi connectivity index (χ0n) is 27.3. The van der Waals surface area contributed by atoms with Gasteiger partial charge in [0.15, 0.2) is 18.4 Å². The normalized spacial score (nSPS) is 34.3. The number of nitrogens with two attached hydrogens (primary N) is 1. The van der Waals surface area contributed by atoms with E-state index in [0.717, 1.165) is 0 Å². The highest BCUT2D eigenvalue weighted by Gasteiger charge is 2.50. The van der Waals surface area contributed by atoms with Gasteiger partial charge >= 0.3 is 0 Å². The number of carbonyl (C=O) groups excluding carboxylic acids is 1. The van der Waals surface area contributed by atoms with E-state index in [1.807, 2.05) is 0 Å². The lowest BCUT2D eigenvalue weighted by atomic mass is 9.74. The van der Waals surface area contributed by atoms with Gasteiger partial charge in [0, 0.05) is 41.8 Å². The maximum absolute atomic E-state index is 12.8. The molecule has 3 aromatic carbocycles. The van der Waals surface area contributed by atoms with Crippen LogP contribution in [0.5, 0.6) is 28.7 Å². The molecule has 14 heteroatoms. The van der Waals surface area contributed by atoms with Crippen molar-refractivity contribution < 1.29 is 64.2 Å². The fourth-order valence-corrected chi connectivity index (χ4v) is 7.55. The summed E-state index contributed by atoms with van der Waals surface area (Å²) in [4.78, 5) is 12.8. The molecule has 3 aromatic rings. The number of hydrogen-bond donors (Lipinski definition) is 8. The van der Waals surface area contributed by atoms with Crippen molar-refractivity contribution in [1.29, 1.82) is 0 Å². The summed E-state index contributed by atoms with van der Waals surface area (Å²) in [6, 6.07) is 3.96. The van der Waals surface area contributed by atoms with E-state index in [9.17, 15) is 40.5 Å². The molecular weight excluding hydrogens is 630 g/mol. The van der Waals surface area contributed by atoms with Gasteiger partial charge in [-0.2, -0.15) is 0 Å². The predicted molar refractivity (Wildman–Crippen MR) is 170 cm³/mol. The molecule has 9 unspecified atom stereocenters. The van der Waals surface area contributed by atoms with Gasteiger partial charge in [0.1, 0.15) is 40.5 Å². The lowest BCUT2D eigenvalue weighted by Crippen LogP contribution is -2.55. The summed E-state index contributed by atoms with van der Waals surface area (Å²) in [6.07, 6.45) is -7.79. The Bertz CT molecular complexity index is 1730. The zero-order chi connectivity index (χ0) is 35.0. The maximum atomic E-state index is 12.8. The number of methoxy groups -OCH3 is 1. The van der Waals surface area contributed by atoms with E-state index in [1.165, 1.54) is 27.0 Å². The molecule has 11 atom stereocenters. The van der Waals surface area contributed by atoms with Gasteiger partial charge in [-0.1, -0.05) is 12.1 Å². The molecule has 2 fully saturated rings. The van der Waals surface area contributed by atoms with E-state index in [-0.39, 0.29) is 51.3 Å². The van der Waals surface area contributed by atoms with Crippen molar-refractivity contribution in [3.8, 4) is 28.7 Å². The number of Topliss-reactive ketones (excluding diaryl/α,β-unsaturated/α-hetero) is 1. The van der Waals surface area contributed by atoms with Crippen LogP contribution in [0.15, 0.2) is 18.2 Å². The quantitative estimate of drug-likeness (QED) is 0.133. The molecule has 14 nitrogen and oxygen atoms in total. The van der Waals surface area contributed by atoms with Gasteiger partial charge in [0.2, 0.25) is 0 Å². The topological polar surface area (TPSA) is 231 Å². The number of phenolic OH excluding ortho intramolecular Hbond substituents is 4. The number of fused-ring (bicyclic) bond motifs is 3. The molecule has 0 saturated carbocycles. The average Bonchev–Trinajstić information content (AvgIpc) is 3.31. The number of benzene rings is 3. The van der Waals surface area contributed by atoms with Crippen LogP contribution in [0.25, 0.3) is 21.5 Å². The highest BCUT2D eigenvalue weighted by molar-refractivity contribution is 6.17. The van der Waals surface area contributed by atoms with Crippen molar-refractivity contribution in [2.45, 2.75) is 108 Å². The van der Waals surface area contributed by atoms with Gasteiger partial charge in [-0.15, -0.1) is 0 Å². The molecule has 0 bridgehead atoms. The highest BCUT2D eigenvalue weighted by Crippen LogP contribution is 2.57. The smallest absolute Gasteiger partial charge is 0.166 e. The lowest BCUT2D eigenvalue weighted by molar-refractivity contribution is -0.280. The summed E-state index contributed by atoms with van der Waals surface area (Å²) >= 11 is 0. The number of hydrogen-bond acceptors (Lipinski definition) is 14. The summed E-state index contributed by atoms with van der Waals surface area (Å²) < 4.78 is 29.8. The Labute approximate surface area is 276 Å². The second kappa shape index (κ2) is 12.4. The van der Waals surface area contributed by atoms with Gasteiger partial charge in [0.25, 0.3) is 0 Å². The zero-order valence-corrected chi connectivity index (χ0v) is 27.3. The van der Waals surface area contributed by atoms with Crippen LogP contribution in [0.4, 0.5) is 0 Å². The third-order valence-corrected chi connectivity index (χ3v) is 10.2. The molecule has 6 rings (SSSR count). The van der Waals surface area contributed by atoms with E-state index < -0.39 is 102 Å². The number of ether oxygens (including phenoxy) is 5. The van der Waals surface area contributed by atoms with Crippen LogP contribution < -0.4 is 10.5 Å². The monoisotopic (exact) mass is 673 g/mol. The molecule has 2 heterocycles. The molecule has 2 aliphatic heterocycles. The van der Waals surface area contributed by atoms with Crippen molar-refractivity contribution in [3.05, 3.63) is 29.3 Å². The van der Waals surface area contributed by atoms with Crippen molar-refractivity contribution in [1.82, 2.24) is 0 Å². The Morgan fingerprint density at radius 3 is 2.31 bits per heavy atom. The Hall–Kier alpha value is -3.47. The maximum Gasteiger partial charge on any atom is 0.166 e. The number of rotatable bonds is 7. The number of aliphatic hydroxyl groups is 3. The van der Waals surface area contributed by atoms with Crippen LogP contribution in [0.2, 0.25) is 0 Å². The van der Waals surface area contributed by atoms with Crippen molar-refractivity contribution in [2.24, 2.45) is 11.7 Å². The summed E-state index contributed by atoms with van der Waals surface area (Å²) in [7, 11) is 1.38. The number of aliphatic hydroxyl groups excluding tert-OH is 2. The summed E-state index contributed by atoms with van der Waals surface area (Å²) in [5.41, 5.74) is 4.48. The Morgan fingerprint density at radius 2 is 1.69 bits per heavy atom. The molecule has 3 aliphatic rings. The second-order valence-corrected chi connectivity index (χ2v) is 13.3. The molecule has 0 aromatic heterocycles. The van der Waals surface area contributed by atoms with Crippen LogP contribution in [-0.4, -0.2) is 103 Å². The first kappa shape index (κ1) is 34.4. The first-order valence-corrected chi connectivity index (χ1v) is 16.0. The van der Waals surface area contributed by atoms with Crippen LogP contribution in [-0.2, 0) is 30.2 Å². The van der Waals surface area contributed by atoms with Gasteiger partial charge in [-0.05, 0) is 33.8 Å². The number of carbonyl (C=O) groups is 1. The molecule has 9 N–H and O–H groups in total. The fourth-order valence-electron chi connectivity index (χ4n) is 7.55. The first-order chi connectivity index (χ1) is 22.6. The minimum atomic E-state index is -2.02. The molecule has 0 spiro atoms. The number of ketones is 1. The van der Waals surface area contributed by atoms with E-state index in [0.29, 0.717) is 0 Å². The minimum absolute atomic E-state index is 0.000164. The molecule has 2 saturated heterocycles. The Balaban J connectivity index is 1.37. The van der Waals surface area contributed by atoms with E-state index in [1.54, 1.807) is 26.0 Å². The SMILES string of the molecule is COc1cccc2c(O)c3c(O)c4c(c(O)c3c(O)c12)[C@@H](OC1CC(N)C(OC2OC(C)C(O)C2C(C)O)C(C)O1)C[C@](O)(C(C)=O)C4. The molecule has 48 heavy (non-hydrogen) atoms. The largest absolute Gasteiger partial charge is 0.507 e. The summed E-state index contributed by atoms with van der Waals surface area (Å²) in [5.74, 6) is -3.11. The average molecular weight is 674 g/mol. The van der Waals surface area contributed by atoms with Gasteiger partial charge in [-0.3, -0.25) is 4.79 Å². The minimum Gasteiger partial charge on any atom is -0.507 e. The Kier molecular flexibility index (Phi) is 8.92. The number of aromatic hydroxyl groups is 4. The molecule has 1 aliphatic carbocycles. The summed E-state index contributed by atoms with van der Waals surface area (Å²) in [5, 5.41) is 78.0. The molecule has 0 amide bonds. The van der Waals surface area contributed by atoms with Crippen LogP contribution in [0.1, 0.15) is 57.8 Å². The third-order valence-electron chi connectivity index (χ3n) is 10.2. The van der Waals surface area contributed by atoms with Crippen molar-refractivity contribution >= 4 is 27.3 Å². The molecule has 262 valence electrons. The third kappa shape index (κ3) is 5.40. The van der Waals surface area contributed by atoms with Crippen LogP contribution >= 0.6 is 0 Å². The van der Waals surface area contributed by atoms with Gasteiger partial charge < -0.3 is 65.2 Å². The van der Waals surface area contributed by atoms with Gasteiger partial charge in [0.05, 0.1) is 59.7 Å². The predicted octanol–water partition coefficient (Wildman–Crippen LogP) is 2.10. The van der Waals surface area contributed by atoms with E-state index >= 15 is 0 Å². The lowest BCUT2D eigenvalue weighted by Gasteiger charge is -2.43. The molecular formula is C34H43NO13. The van der Waals surface area contributed by atoms with Crippen LogP contribution in [0.3, 0.4) is 0 Å². The first-order valence-electron chi connectivity index (χ1n) is 16.0. The van der Waals surface area contributed by atoms with Crippen LogP contribution in [0, 0.1) is 5.92 Å². The van der Waals surface area contributed by atoms with Gasteiger partial charge in [-0.25, -0.2) is 0 Å². The van der Waals surface area contributed by atoms with E-state index in [2.05, 4.69) is 0 Å². The number of phenols is 4. The highest BCUT2D eigenvalue weighted by atomic mass is 16.7. The fraction of sp³-hybridized carbons (Fsp3) is 0.559.